The van der Waals surface area contributed by atoms with Crippen molar-refractivity contribution in [3.8, 4) is 0 Å². The topological polar surface area (TPSA) is 90.4 Å². The highest BCUT2D eigenvalue weighted by molar-refractivity contribution is 5.47. The van der Waals surface area contributed by atoms with Crippen molar-refractivity contribution in [1.29, 1.82) is 0 Å². The number of aliphatic hydroxyl groups excluding tert-OH is 1. The van der Waals surface area contributed by atoms with E-state index in [-0.39, 0.29) is 12.0 Å². The van der Waals surface area contributed by atoms with Crippen LogP contribution in [0.15, 0.2) is 12.1 Å². The monoisotopic (exact) mass is 372 g/mol. The highest BCUT2D eigenvalue weighted by Gasteiger charge is 2.33. The van der Waals surface area contributed by atoms with Gasteiger partial charge in [0.25, 0.3) is 0 Å². The molecule has 2 unspecified atom stereocenters. The normalized spacial score (nSPS) is 23.2. The third kappa shape index (κ3) is 4.06. The number of nitrogens with zero attached hydrogens (tertiary/aromatic N) is 5. The molecule has 4 rings (SSSR count). The molecule has 27 heavy (non-hydrogen) atoms. The number of aromatic amines is 1. The fourth-order valence-electron chi connectivity index (χ4n) is 3.81. The van der Waals surface area contributed by atoms with E-state index in [1.54, 1.807) is 0 Å². The molecule has 146 valence electrons. The second-order valence-electron chi connectivity index (χ2n) is 7.45. The van der Waals surface area contributed by atoms with Gasteiger partial charge in [-0.05, 0) is 25.8 Å². The van der Waals surface area contributed by atoms with Crippen molar-refractivity contribution in [2.24, 2.45) is 5.92 Å². The number of aromatic nitrogens is 4. The molecule has 2 aromatic heterocycles. The van der Waals surface area contributed by atoms with Crippen LogP contribution in [-0.4, -0.2) is 70.8 Å². The predicted molar refractivity (Wildman–Crippen MR) is 103 cm³/mol. The second-order valence-corrected chi connectivity index (χ2v) is 7.45. The maximum atomic E-state index is 10.6. The molecule has 2 atom stereocenters. The lowest BCUT2D eigenvalue weighted by molar-refractivity contribution is 0.122. The zero-order chi connectivity index (χ0) is 18.8. The van der Waals surface area contributed by atoms with Gasteiger partial charge in [0, 0.05) is 49.6 Å². The van der Waals surface area contributed by atoms with E-state index in [1.165, 1.54) is 0 Å². The van der Waals surface area contributed by atoms with Crippen LogP contribution in [0.3, 0.4) is 0 Å². The van der Waals surface area contributed by atoms with Crippen LogP contribution >= 0.6 is 0 Å². The summed E-state index contributed by atoms with van der Waals surface area (Å²) in [5.41, 5.74) is 3.08. The van der Waals surface area contributed by atoms with Crippen LogP contribution in [0, 0.1) is 12.8 Å². The summed E-state index contributed by atoms with van der Waals surface area (Å²) in [4.78, 5) is 13.9. The highest BCUT2D eigenvalue weighted by atomic mass is 16.5. The Morgan fingerprint density at radius 3 is 2.67 bits per heavy atom. The van der Waals surface area contributed by atoms with Crippen molar-refractivity contribution < 1.29 is 9.84 Å². The lowest BCUT2D eigenvalue weighted by Crippen LogP contribution is -2.38. The van der Waals surface area contributed by atoms with Gasteiger partial charge >= 0.3 is 0 Å². The van der Waals surface area contributed by atoms with Crippen molar-refractivity contribution in [2.75, 3.05) is 49.2 Å². The molecule has 2 aliphatic heterocycles. The molecule has 0 spiro atoms. The minimum Gasteiger partial charge on any atom is -0.391 e. The van der Waals surface area contributed by atoms with Crippen molar-refractivity contribution in [3.05, 3.63) is 29.2 Å². The maximum absolute atomic E-state index is 10.6. The Hall–Kier alpha value is -2.19. The molecule has 2 saturated heterocycles. The van der Waals surface area contributed by atoms with Gasteiger partial charge in [0.1, 0.15) is 5.82 Å². The molecule has 0 bridgehead atoms. The van der Waals surface area contributed by atoms with Gasteiger partial charge in [-0.15, -0.1) is 0 Å². The molecule has 8 nitrogen and oxygen atoms in total. The fraction of sp³-hybridized carbons (Fsp3) is 0.632. The number of β-amino-alcohol motifs (C(OH)–C–C–N with tert-alkyl or cyclic N) is 1. The first-order valence-electron chi connectivity index (χ1n) is 9.77. The molecule has 2 aliphatic rings. The van der Waals surface area contributed by atoms with Crippen LogP contribution in [0.1, 0.15) is 24.0 Å². The van der Waals surface area contributed by atoms with E-state index < -0.39 is 0 Å². The van der Waals surface area contributed by atoms with Crippen molar-refractivity contribution in [2.45, 2.75) is 32.8 Å². The Morgan fingerprint density at radius 2 is 1.96 bits per heavy atom. The van der Waals surface area contributed by atoms with Gasteiger partial charge in [0.2, 0.25) is 5.95 Å². The quantitative estimate of drug-likeness (QED) is 0.807. The molecule has 0 saturated carbocycles. The molecule has 8 heteroatoms. The molecule has 2 N–H and O–H groups in total. The van der Waals surface area contributed by atoms with E-state index in [9.17, 15) is 5.11 Å². The molecule has 0 amide bonds. The molecule has 4 heterocycles. The zero-order valence-corrected chi connectivity index (χ0v) is 16.1. The number of morpholine rings is 1. The van der Waals surface area contributed by atoms with E-state index in [2.05, 4.69) is 33.0 Å². The van der Waals surface area contributed by atoms with Gasteiger partial charge in [0.05, 0.1) is 25.0 Å². The average Bonchev–Trinajstić information content (AvgIpc) is 3.28. The van der Waals surface area contributed by atoms with Gasteiger partial charge in [-0.25, -0.2) is 4.98 Å². The minimum absolute atomic E-state index is 0.152. The third-order valence-corrected chi connectivity index (χ3v) is 5.37. The van der Waals surface area contributed by atoms with Crippen LogP contribution in [-0.2, 0) is 17.6 Å². The smallest absolute Gasteiger partial charge is 0.227 e. The van der Waals surface area contributed by atoms with Gasteiger partial charge in [0.15, 0.2) is 0 Å². The number of hydrogen-bond donors (Lipinski definition) is 2. The second kappa shape index (κ2) is 7.82. The van der Waals surface area contributed by atoms with Gasteiger partial charge in [-0.1, -0.05) is 6.92 Å². The van der Waals surface area contributed by atoms with Gasteiger partial charge < -0.3 is 19.6 Å². The van der Waals surface area contributed by atoms with E-state index in [1.807, 2.05) is 13.0 Å². The Kier molecular flexibility index (Phi) is 5.27. The molecular weight excluding hydrogens is 344 g/mol. The molecule has 2 fully saturated rings. The summed E-state index contributed by atoms with van der Waals surface area (Å²) in [6, 6.07) is 4.10. The molecule has 0 aliphatic carbocycles. The summed E-state index contributed by atoms with van der Waals surface area (Å²) >= 11 is 0. The summed E-state index contributed by atoms with van der Waals surface area (Å²) in [5.74, 6) is 1.83. The van der Waals surface area contributed by atoms with E-state index in [0.29, 0.717) is 19.8 Å². The predicted octanol–water partition coefficient (Wildman–Crippen LogP) is 0.947. The largest absolute Gasteiger partial charge is 0.391 e. The van der Waals surface area contributed by atoms with E-state index in [4.69, 9.17) is 14.7 Å². The minimum atomic E-state index is -0.381. The number of H-pyrrole nitrogens is 1. The van der Waals surface area contributed by atoms with Gasteiger partial charge in [-0.2, -0.15) is 10.1 Å². The van der Waals surface area contributed by atoms with Gasteiger partial charge in [-0.3, -0.25) is 5.10 Å². The fourth-order valence-corrected chi connectivity index (χ4v) is 3.81. The first-order valence-corrected chi connectivity index (χ1v) is 9.77. The molecule has 2 aromatic rings. The van der Waals surface area contributed by atoms with E-state index in [0.717, 1.165) is 61.3 Å². The molecule has 0 radical (unpaired) electrons. The number of aryl methyl sites for hydroxylation is 2. The summed E-state index contributed by atoms with van der Waals surface area (Å²) in [5, 5.41) is 17.9. The highest BCUT2D eigenvalue weighted by Crippen LogP contribution is 2.27. The molecule has 0 aromatic carbocycles. The van der Waals surface area contributed by atoms with Crippen LogP contribution in [0.5, 0.6) is 0 Å². The zero-order valence-electron chi connectivity index (χ0n) is 16.1. The number of anilines is 2. The van der Waals surface area contributed by atoms with Crippen molar-refractivity contribution in [3.63, 3.8) is 0 Å². The molecular formula is C19H28N6O2. The summed E-state index contributed by atoms with van der Waals surface area (Å²) in [6.45, 7) is 8.52. The first kappa shape index (κ1) is 18.2. The number of hydrogen-bond acceptors (Lipinski definition) is 7. The number of aliphatic hydroxyl groups is 1. The van der Waals surface area contributed by atoms with Crippen LogP contribution < -0.4 is 9.80 Å². The number of ether oxygens (including phenoxy) is 1. The Labute approximate surface area is 159 Å². The SMILES string of the molecule is CCc1cc(N2CC(O)C(Cc3cc(C)[nH]n3)C2)nc(N2CCOCC2)n1. The van der Waals surface area contributed by atoms with Crippen LogP contribution in [0.4, 0.5) is 11.8 Å². The standard InChI is InChI=1S/C19H28N6O2/c1-3-15-10-18(21-19(20-15)24-4-6-27-7-5-24)25-11-14(17(26)12-25)9-16-8-13(2)22-23-16/h8,10,14,17,26H,3-7,9,11-12H2,1-2H3,(H,22,23). The summed E-state index contributed by atoms with van der Waals surface area (Å²) < 4.78 is 5.45. The Balaban J connectivity index is 1.52. The summed E-state index contributed by atoms with van der Waals surface area (Å²) in [7, 11) is 0. The van der Waals surface area contributed by atoms with Crippen LogP contribution in [0.2, 0.25) is 0 Å². The lowest BCUT2D eigenvalue weighted by atomic mass is 10.0. The Morgan fingerprint density at radius 1 is 1.15 bits per heavy atom. The summed E-state index contributed by atoms with van der Waals surface area (Å²) in [6.07, 6.45) is 1.25. The van der Waals surface area contributed by atoms with Crippen molar-refractivity contribution >= 4 is 11.8 Å². The van der Waals surface area contributed by atoms with E-state index >= 15 is 0 Å². The number of nitrogens with one attached hydrogen (secondary N) is 1. The van der Waals surface area contributed by atoms with Crippen molar-refractivity contribution in [1.82, 2.24) is 20.2 Å². The number of rotatable bonds is 5. The first-order chi connectivity index (χ1) is 13.1. The average molecular weight is 372 g/mol. The third-order valence-electron chi connectivity index (χ3n) is 5.37. The maximum Gasteiger partial charge on any atom is 0.227 e. The Bertz CT molecular complexity index is 773. The van der Waals surface area contributed by atoms with Crippen LogP contribution in [0.25, 0.3) is 0 Å². The lowest BCUT2D eigenvalue weighted by Gasteiger charge is -2.28.